The first-order chi connectivity index (χ1) is 13.7. The van der Waals surface area contributed by atoms with E-state index in [1.165, 1.54) is 25.9 Å². The van der Waals surface area contributed by atoms with E-state index in [2.05, 4.69) is 35.9 Å². The summed E-state index contributed by atoms with van der Waals surface area (Å²) in [6.07, 6.45) is 5.17. The van der Waals surface area contributed by atoms with Crippen LogP contribution in [-0.4, -0.2) is 98.2 Å². The van der Waals surface area contributed by atoms with Crippen molar-refractivity contribution in [3.63, 3.8) is 0 Å². The van der Waals surface area contributed by atoms with Gasteiger partial charge in [-0.05, 0) is 58.7 Å². The fraction of sp³-hybridized carbons (Fsp3) is 0.905. The molecule has 2 aliphatic heterocycles. The molecule has 0 saturated carbocycles. The SMILES string of the molecule is CCCN(CCC)CCCN=C(NCC)N1CCN(C(=O)C2CCCO2)CC1.I. The normalized spacial score (nSPS) is 20.1. The lowest BCUT2D eigenvalue weighted by molar-refractivity contribution is -0.142. The summed E-state index contributed by atoms with van der Waals surface area (Å²) in [6.45, 7) is 15.7. The Morgan fingerprint density at radius 1 is 1.07 bits per heavy atom. The quantitative estimate of drug-likeness (QED) is 0.206. The summed E-state index contributed by atoms with van der Waals surface area (Å²) >= 11 is 0. The highest BCUT2D eigenvalue weighted by Crippen LogP contribution is 2.16. The zero-order valence-electron chi connectivity index (χ0n) is 18.7. The van der Waals surface area contributed by atoms with E-state index in [1.54, 1.807) is 0 Å². The molecule has 8 heteroatoms. The van der Waals surface area contributed by atoms with Crippen molar-refractivity contribution in [2.45, 2.75) is 59.0 Å². The molecule has 170 valence electrons. The van der Waals surface area contributed by atoms with Gasteiger partial charge in [0, 0.05) is 45.9 Å². The number of amides is 1. The number of carbonyl (C=O) groups excluding carboxylic acids is 1. The van der Waals surface area contributed by atoms with Crippen LogP contribution in [0.5, 0.6) is 0 Å². The molecule has 2 aliphatic rings. The van der Waals surface area contributed by atoms with Crippen molar-refractivity contribution in [3.8, 4) is 0 Å². The van der Waals surface area contributed by atoms with E-state index in [4.69, 9.17) is 9.73 Å². The van der Waals surface area contributed by atoms with Gasteiger partial charge in [-0.15, -0.1) is 24.0 Å². The Bertz CT molecular complexity index is 472. The van der Waals surface area contributed by atoms with Gasteiger partial charge >= 0.3 is 0 Å². The molecule has 1 amide bonds. The first kappa shape index (κ1) is 26.4. The van der Waals surface area contributed by atoms with E-state index in [0.717, 1.165) is 77.6 Å². The maximum absolute atomic E-state index is 12.5. The number of hydrogen-bond acceptors (Lipinski definition) is 4. The molecule has 29 heavy (non-hydrogen) atoms. The number of rotatable bonds is 10. The summed E-state index contributed by atoms with van der Waals surface area (Å²) in [5.41, 5.74) is 0. The van der Waals surface area contributed by atoms with Crippen molar-refractivity contribution in [2.75, 3.05) is 65.5 Å². The standard InChI is InChI=1S/C21H41N5O2.HI/c1-4-11-24(12-5-2)13-8-10-23-21(22-6-3)26-16-14-25(15-17-26)20(27)19-9-7-18-28-19;/h19H,4-18H2,1-3H3,(H,22,23);1H. The summed E-state index contributed by atoms with van der Waals surface area (Å²) in [5, 5.41) is 3.42. The van der Waals surface area contributed by atoms with Gasteiger partial charge in [-0.25, -0.2) is 0 Å². The Morgan fingerprint density at radius 2 is 1.72 bits per heavy atom. The molecule has 0 aromatic rings. The van der Waals surface area contributed by atoms with Crippen LogP contribution in [0.2, 0.25) is 0 Å². The zero-order chi connectivity index (χ0) is 20.2. The average molecular weight is 524 g/mol. The first-order valence-electron chi connectivity index (χ1n) is 11.4. The average Bonchev–Trinajstić information content (AvgIpc) is 3.25. The van der Waals surface area contributed by atoms with Crippen molar-refractivity contribution >= 4 is 35.8 Å². The summed E-state index contributed by atoms with van der Waals surface area (Å²) in [6, 6.07) is 0. The summed E-state index contributed by atoms with van der Waals surface area (Å²) in [4.78, 5) is 24.2. The van der Waals surface area contributed by atoms with E-state index >= 15 is 0 Å². The lowest BCUT2D eigenvalue weighted by atomic mass is 10.2. The number of nitrogens with one attached hydrogen (secondary N) is 1. The Labute approximate surface area is 194 Å². The summed E-state index contributed by atoms with van der Waals surface area (Å²) in [7, 11) is 0. The van der Waals surface area contributed by atoms with Crippen molar-refractivity contribution in [3.05, 3.63) is 0 Å². The molecule has 0 aromatic carbocycles. The molecule has 0 aromatic heterocycles. The lowest BCUT2D eigenvalue weighted by Gasteiger charge is -2.37. The number of halogens is 1. The maximum Gasteiger partial charge on any atom is 0.251 e. The minimum absolute atomic E-state index is 0. The minimum Gasteiger partial charge on any atom is -0.368 e. The maximum atomic E-state index is 12.5. The molecule has 0 spiro atoms. The predicted molar refractivity (Wildman–Crippen MR) is 130 cm³/mol. The fourth-order valence-electron chi connectivity index (χ4n) is 3.99. The molecule has 1 atom stereocenters. The molecule has 0 bridgehead atoms. The van der Waals surface area contributed by atoms with Crippen molar-refractivity contribution in [2.24, 2.45) is 4.99 Å². The number of carbonyl (C=O) groups is 1. The highest BCUT2D eigenvalue weighted by molar-refractivity contribution is 14.0. The van der Waals surface area contributed by atoms with Gasteiger partial charge in [0.1, 0.15) is 6.10 Å². The van der Waals surface area contributed by atoms with Gasteiger partial charge in [0.15, 0.2) is 5.96 Å². The third-order valence-corrected chi connectivity index (χ3v) is 5.40. The number of piperazine rings is 1. The van der Waals surface area contributed by atoms with Gasteiger partial charge in [0.2, 0.25) is 0 Å². The van der Waals surface area contributed by atoms with Gasteiger partial charge in [0.05, 0.1) is 0 Å². The molecule has 2 saturated heterocycles. The summed E-state index contributed by atoms with van der Waals surface area (Å²) in [5.74, 6) is 1.16. The van der Waals surface area contributed by atoms with Gasteiger partial charge in [-0.2, -0.15) is 0 Å². The monoisotopic (exact) mass is 523 g/mol. The molecule has 1 N–H and O–H groups in total. The van der Waals surface area contributed by atoms with E-state index in [0.29, 0.717) is 0 Å². The molecule has 0 aliphatic carbocycles. The Hall–Kier alpha value is -0.610. The molecular formula is C21H42IN5O2. The highest BCUT2D eigenvalue weighted by atomic mass is 127. The molecular weight excluding hydrogens is 481 g/mol. The number of guanidine groups is 1. The number of nitrogens with zero attached hydrogens (tertiary/aromatic N) is 4. The smallest absolute Gasteiger partial charge is 0.251 e. The van der Waals surface area contributed by atoms with Crippen molar-refractivity contribution < 1.29 is 9.53 Å². The topological polar surface area (TPSA) is 60.4 Å². The first-order valence-corrected chi connectivity index (χ1v) is 11.4. The van der Waals surface area contributed by atoms with Crippen molar-refractivity contribution in [1.82, 2.24) is 20.0 Å². The number of ether oxygens (including phenoxy) is 1. The second-order valence-electron chi connectivity index (χ2n) is 7.74. The van der Waals surface area contributed by atoms with Crippen LogP contribution in [0.25, 0.3) is 0 Å². The zero-order valence-corrected chi connectivity index (χ0v) is 21.0. The molecule has 7 nitrogen and oxygen atoms in total. The van der Waals surface area contributed by atoms with Crippen LogP contribution in [0, 0.1) is 0 Å². The van der Waals surface area contributed by atoms with Crippen LogP contribution in [0.4, 0.5) is 0 Å². The molecule has 2 heterocycles. The van der Waals surface area contributed by atoms with Crippen LogP contribution in [0.1, 0.15) is 52.9 Å². The van der Waals surface area contributed by atoms with E-state index in [1.807, 2.05) is 4.90 Å². The molecule has 1 unspecified atom stereocenters. The molecule has 2 rings (SSSR count). The van der Waals surface area contributed by atoms with Gasteiger partial charge in [-0.3, -0.25) is 9.79 Å². The van der Waals surface area contributed by atoms with Gasteiger partial charge in [0.25, 0.3) is 5.91 Å². The molecule has 2 fully saturated rings. The van der Waals surface area contributed by atoms with Crippen LogP contribution in [0.15, 0.2) is 4.99 Å². The fourth-order valence-corrected chi connectivity index (χ4v) is 3.99. The highest BCUT2D eigenvalue weighted by Gasteiger charge is 2.30. The Morgan fingerprint density at radius 3 is 2.28 bits per heavy atom. The summed E-state index contributed by atoms with van der Waals surface area (Å²) < 4.78 is 5.56. The molecule has 0 radical (unpaired) electrons. The van der Waals surface area contributed by atoms with Crippen LogP contribution >= 0.6 is 24.0 Å². The third-order valence-electron chi connectivity index (χ3n) is 5.40. The van der Waals surface area contributed by atoms with E-state index in [9.17, 15) is 4.79 Å². The Balaban J connectivity index is 0.00000420. The number of hydrogen-bond donors (Lipinski definition) is 1. The van der Waals surface area contributed by atoms with Crippen LogP contribution in [0.3, 0.4) is 0 Å². The largest absolute Gasteiger partial charge is 0.368 e. The second kappa shape index (κ2) is 15.2. The van der Waals surface area contributed by atoms with Crippen LogP contribution < -0.4 is 5.32 Å². The third kappa shape index (κ3) is 8.96. The van der Waals surface area contributed by atoms with E-state index < -0.39 is 0 Å². The van der Waals surface area contributed by atoms with E-state index in [-0.39, 0.29) is 36.0 Å². The van der Waals surface area contributed by atoms with Gasteiger partial charge < -0.3 is 24.8 Å². The minimum atomic E-state index is -0.206. The number of aliphatic imine (C=N–C) groups is 1. The van der Waals surface area contributed by atoms with Gasteiger partial charge in [-0.1, -0.05) is 13.8 Å². The van der Waals surface area contributed by atoms with Crippen molar-refractivity contribution in [1.29, 1.82) is 0 Å². The lowest BCUT2D eigenvalue weighted by Crippen LogP contribution is -2.55. The van der Waals surface area contributed by atoms with Crippen LogP contribution in [-0.2, 0) is 9.53 Å². The predicted octanol–water partition coefficient (Wildman–Crippen LogP) is 2.41. The second-order valence-corrected chi connectivity index (χ2v) is 7.74. The Kier molecular flexibility index (Phi) is 13.9.